The van der Waals surface area contributed by atoms with Crippen LogP contribution in [0.5, 0.6) is 5.75 Å². The van der Waals surface area contributed by atoms with E-state index in [0.29, 0.717) is 17.1 Å². The van der Waals surface area contributed by atoms with Gasteiger partial charge in [-0.05, 0) is 35.8 Å². The number of benzene rings is 1. The first kappa shape index (κ1) is 23.1. The van der Waals surface area contributed by atoms with Crippen LogP contribution in [-0.2, 0) is 6.42 Å². The zero-order chi connectivity index (χ0) is 19.3. The molecule has 0 aliphatic carbocycles. The maximum atomic E-state index is 10.1. The Morgan fingerprint density at radius 2 is 1.27 bits per heavy atom. The number of unbranched alkanes of at least 4 members (excludes halogenated alkanes) is 10. The number of hydrogen-bond donors (Lipinski definition) is 1. The van der Waals surface area contributed by atoms with E-state index in [-0.39, 0.29) is 0 Å². The normalized spacial score (nSPS) is 13.1. The van der Waals surface area contributed by atoms with E-state index in [1.807, 2.05) is 18.2 Å². The molecular formula is C25H44O. The lowest BCUT2D eigenvalue weighted by atomic mass is 9.74. The molecule has 0 spiro atoms. The highest BCUT2D eigenvalue weighted by Gasteiger charge is 2.25. The molecular weight excluding hydrogens is 316 g/mol. The summed E-state index contributed by atoms with van der Waals surface area (Å²) in [5.74, 6) is 1.09. The van der Waals surface area contributed by atoms with Gasteiger partial charge in [0.25, 0.3) is 0 Å². The molecule has 1 heteroatoms. The molecule has 0 heterocycles. The lowest BCUT2D eigenvalue weighted by Crippen LogP contribution is -2.22. The average Bonchev–Trinajstić information content (AvgIpc) is 2.59. The van der Waals surface area contributed by atoms with Crippen LogP contribution in [0, 0.1) is 11.3 Å². The molecule has 0 saturated heterocycles. The minimum absolute atomic E-state index is 0.292. The van der Waals surface area contributed by atoms with Gasteiger partial charge in [0, 0.05) is 0 Å². The van der Waals surface area contributed by atoms with E-state index in [2.05, 4.69) is 33.8 Å². The van der Waals surface area contributed by atoms with Crippen molar-refractivity contribution in [2.45, 2.75) is 111 Å². The van der Waals surface area contributed by atoms with Gasteiger partial charge in [0.05, 0.1) is 0 Å². The summed E-state index contributed by atoms with van der Waals surface area (Å²) in [4.78, 5) is 0. The molecule has 150 valence electrons. The molecule has 1 unspecified atom stereocenters. The number of aromatic hydroxyl groups is 1. The van der Waals surface area contributed by atoms with Crippen molar-refractivity contribution in [3.05, 3.63) is 29.8 Å². The van der Waals surface area contributed by atoms with Crippen LogP contribution in [0.1, 0.15) is 110 Å². The predicted molar refractivity (Wildman–Crippen MR) is 116 cm³/mol. The summed E-state index contributed by atoms with van der Waals surface area (Å²) in [7, 11) is 0. The molecule has 1 nitrogen and oxygen atoms in total. The smallest absolute Gasteiger partial charge is 0.118 e. The molecule has 0 saturated carbocycles. The summed E-state index contributed by atoms with van der Waals surface area (Å²) < 4.78 is 0. The Balaban J connectivity index is 2.18. The maximum absolute atomic E-state index is 10.1. The molecule has 1 aromatic carbocycles. The topological polar surface area (TPSA) is 20.2 Å². The van der Waals surface area contributed by atoms with Crippen LogP contribution in [0.25, 0.3) is 0 Å². The third-order valence-corrected chi connectivity index (χ3v) is 5.84. The molecule has 1 rings (SSSR count). The zero-order valence-corrected chi connectivity index (χ0v) is 18.0. The third kappa shape index (κ3) is 10.2. The number of phenolic OH excluding ortho intramolecular Hbond substituents is 1. The van der Waals surface area contributed by atoms with Crippen LogP contribution in [0.3, 0.4) is 0 Å². The van der Waals surface area contributed by atoms with Gasteiger partial charge >= 0.3 is 0 Å². The molecule has 0 radical (unpaired) electrons. The number of hydrogen-bond acceptors (Lipinski definition) is 1. The van der Waals surface area contributed by atoms with Crippen LogP contribution >= 0.6 is 0 Å². The molecule has 0 bridgehead atoms. The van der Waals surface area contributed by atoms with Crippen LogP contribution < -0.4 is 0 Å². The van der Waals surface area contributed by atoms with Gasteiger partial charge < -0.3 is 5.11 Å². The van der Waals surface area contributed by atoms with E-state index in [0.717, 1.165) is 12.0 Å². The van der Waals surface area contributed by atoms with Crippen LogP contribution in [0.4, 0.5) is 0 Å². The highest BCUT2D eigenvalue weighted by molar-refractivity contribution is 5.32. The molecule has 0 aliphatic heterocycles. The first-order valence-corrected chi connectivity index (χ1v) is 11.2. The monoisotopic (exact) mass is 360 g/mol. The Labute approximate surface area is 163 Å². The largest absolute Gasteiger partial charge is 0.508 e. The molecule has 0 aromatic heterocycles. The minimum atomic E-state index is 0.292. The van der Waals surface area contributed by atoms with E-state index in [1.54, 1.807) is 0 Å². The van der Waals surface area contributed by atoms with Crippen molar-refractivity contribution in [2.24, 2.45) is 11.3 Å². The van der Waals surface area contributed by atoms with Crippen molar-refractivity contribution in [3.8, 4) is 5.75 Å². The summed E-state index contributed by atoms with van der Waals surface area (Å²) in [6.07, 6.45) is 17.7. The van der Waals surface area contributed by atoms with Crippen LogP contribution in [0.15, 0.2) is 24.3 Å². The molecule has 0 aliphatic rings. The van der Waals surface area contributed by atoms with Crippen LogP contribution in [-0.4, -0.2) is 5.11 Å². The van der Waals surface area contributed by atoms with Crippen molar-refractivity contribution >= 4 is 0 Å². The summed E-state index contributed by atoms with van der Waals surface area (Å²) in [6.45, 7) is 9.31. The Morgan fingerprint density at radius 1 is 0.769 bits per heavy atom. The Morgan fingerprint density at radius 3 is 1.77 bits per heavy atom. The van der Waals surface area contributed by atoms with Gasteiger partial charge in [-0.25, -0.2) is 0 Å². The maximum Gasteiger partial charge on any atom is 0.118 e. The molecule has 1 N–H and O–H groups in total. The van der Waals surface area contributed by atoms with Gasteiger partial charge in [-0.1, -0.05) is 117 Å². The quantitative estimate of drug-likeness (QED) is 0.331. The van der Waals surface area contributed by atoms with Crippen molar-refractivity contribution < 1.29 is 5.11 Å². The average molecular weight is 361 g/mol. The second-order valence-electron chi connectivity index (χ2n) is 9.22. The molecule has 0 amide bonds. The van der Waals surface area contributed by atoms with E-state index < -0.39 is 0 Å². The van der Waals surface area contributed by atoms with Crippen molar-refractivity contribution in [2.75, 3.05) is 0 Å². The van der Waals surface area contributed by atoms with Gasteiger partial charge in [0.15, 0.2) is 0 Å². The van der Waals surface area contributed by atoms with Gasteiger partial charge in [-0.3, -0.25) is 0 Å². The van der Waals surface area contributed by atoms with Crippen LogP contribution in [0.2, 0.25) is 0 Å². The van der Waals surface area contributed by atoms with Gasteiger partial charge in [0.2, 0.25) is 0 Å². The fourth-order valence-corrected chi connectivity index (χ4v) is 3.85. The Bertz CT molecular complexity index is 457. The zero-order valence-electron chi connectivity index (χ0n) is 18.0. The number of rotatable bonds is 14. The molecule has 1 atom stereocenters. The van der Waals surface area contributed by atoms with E-state index in [1.165, 1.54) is 77.0 Å². The number of para-hydroxylation sites is 1. The lowest BCUT2D eigenvalue weighted by Gasteiger charge is -2.31. The first-order chi connectivity index (χ1) is 12.4. The summed E-state index contributed by atoms with van der Waals surface area (Å²) in [5, 5.41) is 10.1. The van der Waals surface area contributed by atoms with Crippen molar-refractivity contribution in [3.63, 3.8) is 0 Å². The van der Waals surface area contributed by atoms with E-state index >= 15 is 0 Å². The van der Waals surface area contributed by atoms with Gasteiger partial charge in [0.1, 0.15) is 5.75 Å². The van der Waals surface area contributed by atoms with Gasteiger partial charge in [-0.2, -0.15) is 0 Å². The first-order valence-electron chi connectivity index (χ1n) is 11.2. The Hall–Kier alpha value is -0.980. The van der Waals surface area contributed by atoms with E-state index in [4.69, 9.17) is 0 Å². The van der Waals surface area contributed by atoms with Gasteiger partial charge in [-0.15, -0.1) is 0 Å². The third-order valence-electron chi connectivity index (χ3n) is 5.84. The molecule has 26 heavy (non-hydrogen) atoms. The lowest BCUT2D eigenvalue weighted by molar-refractivity contribution is 0.217. The predicted octanol–water partition coefficient (Wildman–Crippen LogP) is 8.30. The summed E-state index contributed by atoms with van der Waals surface area (Å²) in [6, 6.07) is 7.84. The summed E-state index contributed by atoms with van der Waals surface area (Å²) in [5.41, 5.74) is 1.40. The highest BCUT2D eigenvalue weighted by Crippen LogP contribution is 2.35. The summed E-state index contributed by atoms with van der Waals surface area (Å²) >= 11 is 0. The number of phenols is 1. The van der Waals surface area contributed by atoms with Crippen molar-refractivity contribution in [1.82, 2.24) is 0 Å². The molecule has 1 aromatic rings. The second-order valence-corrected chi connectivity index (χ2v) is 9.22. The SMILES string of the molecule is CCCCCCCCCCCCCC(Cc1ccccc1O)C(C)(C)C. The van der Waals surface area contributed by atoms with Crippen molar-refractivity contribution in [1.29, 1.82) is 0 Å². The molecule has 0 fully saturated rings. The minimum Gasteiger partial charge on any atom is -0.508 e. The highest BCUT2D eigenvalue weighted by atomic mass is 16.3. The second kappa shape index (κ2) is 13.2. The Kier molecular flexibility index (Phi) is 11.7. The fourth-order valence-electron chi connectivity index (χ4n) is 3.85. The standard InChI is InChI=1S/C25H44O/c1-5-6-7-8-9-10-11-12-13-14-15-19-23(25(2,3)4)21-22-18-16-17-20-24(22)26/h16-18,20,23,26H,5-15,19,21H2,1-4H3. The fraction of sp³-hybridized carbons (Fsp3) is 0.760. The van der Waals surface area contributed by atoms with E-state index in [9.17, 15) is 5.11 Å².